The van der Waals surface area contributed by atoms with Gasteiger partial charge in [-0.3, -0.25) is 19.8 Å². The minimum Gasteiger partial charge on any atom is -0.489 e. The van der Waals surface area contributed by atoms with E-state index in [0.717, 1.165) is 30.2 Å². The van der Waals surface area contributed by atoms with E-state index in [-0.39, 0.29) is 18.2 Å². The summed E-state index contributed by atoms with van der Waals surface area (Å²) in [7, 11) is 0. The maximum atomic E-state index is 13.1. The van der Waals surface area contributed by atoms with Gasteiger partial charge in [0.2, 0.25) is 0 Å². The largest absolute Gasteiger partial charge is 0.489 e. The molecule has 0 spiro atoms. The topological polar surface area (TPSA) is 75.9 Å². The van der Waals surface area contributed by atoms with Crippen molar-refractivity contribution < 1.29 is 14.5 Å². The molecule has 4 rings (SSSR count). The van der Waals surface area contributed by atoms with Crippen molar-refractivity contribution in [2.45, 2.75) is 20.1 Å². The van der Waals surface area contributed by atoms with Crippen molar-refractivity contribution in [1.29, 1.82) is 0 Å². The van der Waals surface area contributed by atoms with E-state index in [2.05, 4.69) is 4.90 Å². The summed E-state index contributed by atoms with van der Waals surface area (Å²) in [6, 6.07) is 20.0. The number of nitrogens with zero attached hydrogens (tertiary/aromatic N) is 3. The molecule has 1 heterocycles. The first kappa shape index (κ1) is 23.7. The molecule has 0 aromatic heterocycles. The Morgan fingerprint density at radius 3 is 2.41 bits per heavy atom. The Balaban J connectivity index is 1.32. The average molecular weight is 480 g/mol. The summed E-state index contributed by atoms with van der Waals surface area (Å²) in [4.78, 5) is 27.9. The van der Waals surface area contributed by atoms with Gasteiger partial charge in [-0.25, -0.2) is 0 Å². The predicted octanol–water partition coefficient (Wildman–Crippen LogP) is 5.09. The first-order valence-corrected chi connectivity index (χ1v) is 11.5. The van der Waals surface area contributed by atoms with E-state index in [4.69, 9.17) is 16.3 Å². The maximum Gasteiger partial charge on any atom is 0.272 e. The van der Waals surface area contributed by atoms with Crippen LogP contribution in [0.5, 0.6) is 5.75 Å². The number of carbonyl (C=O) groups is 1. The molecule has 0 unspecified atom stereocenters. The first-order chi connectivity index (χ1) is 16.4. The van der Waals surface area contributed by atoms with Gasteiger partial charge in [0, 0.05) is 54.9 Å². The number of nitro groups is 1. The van der Waals surface area contributed by atoms with E-state index < -0.39 is 4.92 Å². The molecule has 8 heteroatoms. The van der Waals surface area contributed by atoms with Gasteiger partial charge in [-0.05, 0) is 54.4 Å². The summed E-state index contributed by atoms with van der Waals surface area (Å²) in [5.74, 6) is 0.566. The molecule has 176 valence electrons. The highest BCUT2D eigenvalue weighted by atomic mass is 35.5. The fourth-order valence-corrected chi connectivity index (χ4v) is 4.15. The molecule has 1 aliphatic rings. The molecule has 7 nitrogen and oxygen atoms in total. The second-order valence-electron chi connectivity index (χ2n) is 8.39. The van der Waals surface area contributed by atoms with Crippen LogP contribution in [-0.2, 0) is 13.2 Å². The van der Waals surface area contributed by atoms with E-state index in [1.54, 1.807) is 19.1 Å². The van der Waals surface area contributed by atoms with Gasteiger partial charge in [-0.15, -0.1) is 0 Å². The quantitative estimate of drug-likeness (QED) is 0.348. The van der Waals surface area contributed by atoms with Crippen LogP contribution in [0.15, 0.2) is 66.7 Å². The summed E-state index contributed by atoms with van der Waals surface area (Å²) < 4.78 is 5.80. The van der Waals surface area contributed by atoms with Gasteiger partial charge in [0.05, 0.1) is 4.92 Å². The minimum absolute atomic E-state index is 0.0131. The standard InChI is InChI=1S/C26H26ClN3O4/c1-19-15-24(9-10-25(19)30(32)33)34-18-21-3-2-4-22(16-21)26(31)29-13-11-28(12-14-29)17-20-5-7-23(27)8-6-20/h2-10,15-16H,11-14,17-18H2,1H3. The van der Waals surface area contributed by atoms with Crippen molar-refractivity contribution in [3.05, 3.63) is 104 Å². The van der Waals surface area contributed by atoms with Crippen molar-refractivity contribution >= 4 is 23.2 Å². The molecule has 1 fully saturated rings. The van der Waals surface area contributed by atoms with Crippen molar-refractivity contribution in [3.63, 3.8) is 0 Å². The highest BCUT2D eigenvalue weighted by Crippen LogP contribution is 2.24. The van der Waals surface area contributed by atoms with Gasteiger partial charge >= 0.3 is 0 Å². The molecule has 0 N–H and O–H groups in total. The molecule has 3 aromatic carbocycles. The Kier molecular flexibility index (Phi) is 7.45. The van der Waals surface area contributed by atoms with Crippen molar-refractivity contribution in [3.8, 4) is 5.75 Å². The first-order valence-electron chi connectivity index (χ1n) is 11.1. The molecule has 0 atom stereocenters. The molecule has 1 amide bonds. The fraction of sp³-hybridized carbons (Fsp3) is 0.269. The van der Waals surface area contributed by atoms with Gasteiger partial charge in [-0.1, -0.05) is 35.9 Å². The van der Waals surface area contributed by atoms with Gasteiger partial charge in [0.15, 0.2) is 0 Å². The van der Waals surface area contributed by atoms with E-state index in [1.807, 2.05) is 53.4 Å². The van der Waals surface area contributed by atoms with Crippen LogP contribution in [0, 0.1) is 17.0 Å². The van der Waals surface area contributed by atoms with Crippen molar-refractivity contribution in [2.24, 2.45) is 0 Å². The molecule has 0 bridgehead atoms. The molecule has 1 aliphatic heterocycles. The summed E-state index contributed by atoms with van der Waals surface area (Å²) in [5.41, 5.74) is 3.31. The van der Waals surface area contributed by atoms with Crippen LogP contribution in [0.3, 0.4) is 0 Å². The van der Waals surface area contributed by atoms with Gasteiger partial charge < -0.3 is 9.64 Å². The lowest BCUT2D eigenvalue weighted by Gasteiger charge is -2.34. The SMILES string of the molecule is Cc1cc(OCc2cccc(C(=O)N3CCN(Cc4ccc(Cl)cc4)CC3)c2)ccc1[N+](=O)[O-]. The lowest BCUT2D eigenvalue weighted by atomic mass is 10.1. The molecular formula is C26H26ClN3O4. The summed E-state index contributed by atoms with van der Waals surface area (Å²) in [6.45, 7) is 5.78. The third-order valence-electron chi connectivity index (χ3n) is 5.92. The van der Waals surface area contributed by atoms with Gasteiger partial charge in [0.25, 0.3) is 11.6 Å². The van der Waals surface area contributed by atoms with Crippen LogP contribution in [0.25, 0.3) is 0 Å². The summed E-state index contributed by atoms with van der Waals surface area (Å²) >= 11 is 5.96. The zero-order valence-corrected chi connectivity index (χ0v) is 19.7. The molecule has 0 radical (unpaired) electrons. The van der Waals surface area contributed by atoms with Crippen molar-refractivity contribution in [2.75, 3.05) is 26.2 Å². The highest BCUT2D eigenvalue weighted by molar-refractivity contribution is 6.30. The van der Waals surface area contributed by atoms with E-state index >= 15 is 0 Å². The number of amides is 1. The smallest absolute Gasteiger partial charge is 0.272 e. The number of ether oxygens (including phenoxy) is 1. The Bertz CT molecular complexity index is 1170. The lowest BCUT2D eigenvalue weighted by molar-refractivity contribution is -0.385. The normalized spacial score (nSPS) is 14.1. The zero-order valence-electron chi connectivity index (χ0n) is 18.9. The molecule has 34 heavy (non-hydrogen) atoms. The van der Waals surface area contributed by atoms with Crippen LogP contribution in [0.2, 0.25) is 5.02 Å². The Morgan fingerprint density at radius 2 is 1.74 bits per heavy atom. The third kappa shape index (κ3) is 5.92. The fourth-order valence-electron chi connectivity index (χ4n) is 4.02. The molecule has 3 aromatic rings. The van der Waals surface area contributed by atoms with Crippen LogP contribution in [-0.4, -0.2) is 46.8 Å². The second-order valence-corrected chi connectivity index (χ2v) is 8.83. The Morgan fingerprint density at radius 1 is 1.00 bits per heavy atom. The predicted molar refractivity (Wildman–Crippen MR) is 131 cm³/mol. The Labute approximate surface area is 203 Å². The number of rotatable bonds is 7. The van der Waals surface area contributed by atoms with Crippen LogP contribution in [0.1, 0.15) is 27.0 Å². The number of nitro benzene ring substituents is 1. The molecule has 0 saturated carbocycles. The molecular weight excluding hydrogens is 454 g/mol. The summed E-state index contributed by atoms with van der Waals surface area (Å²) in [6.07, 6.45) is 0. The second kappa shape index (κ2) is 10.7. The Hall–Kier alpha value is -3.42. The summed E-state index contributed by atoms with van der Waals surface area (Å²) in [5, 5.41) is 11.7. The van der Waals surface area contributed by atoms with E-state index in [0.29, 0.717) is 30.0 Å². The number of halogens is 1. The zero-order chi connectivity index (χ0) is 24.1. The van der Waals surface area contributed by atoms with Gasteiger partial charge in [-0.2, -0.15) is 0 Å². The molecule has 1 saturated heterocycles. The third-order valence-corrected chi connectivity index (χ3v) is 6.18. The van der Waals surface area contributed by atoms with Crippen LogP contribution in [0.4, 0.5) is 5.69 Å². The highest BCUT2D eigenvalue weighted by Gasteiger charge is 2.22. The monoisotopic (exact) mass is 479 g/mol. The number of aryl methyl sites for hydroxylation is 1. The number of carbonyl (C=O) groups excluding carboxylic acids is 1. The lowest BCUT2D eigenvalue weighted by Crippen LogP contribution is -2.48. The van der Waals surface area contributed by atoms with Crippen LogP contribution >= 0.6 is 11.6 Å². The van der Waals surface area contributed by atoms with E-state index in [1.165, 1.54) is 11.6 Å². The van der Waals surface area contributed by atoms with Crippen LogP contribution < -0.4 is 4.74 Å². The molecule has 0 aliphatic carbocycles. The number of benzene rings is 3. The van der Waals surface area contributed by atoms with Crippen molar-refractivity contribution in [1.82, 2.24) is 9.80 Å². The maximum absolute atomic E-state index is 13.1. The average Bonchev–Trinajstić information content (AvgIpc) is 2.84. The van der Waals surface area contributed by atoms with E-state index in [9.17, 15) is 14.9 Å². The number of hydrogen-bond donors (Lipinski definition) is 0. The van der Waals surface area contributed by atoms with Gasteiger partial charge in [0.1, 0.15) is 12.4 Å². The minimum atomic E-state index is -0.411. The number of hydrogen-bond acceptors (Lipinski definition) is 5. The number of piperazine rings is 1.